The van der Waals surface area contributed by atoms with Crippen molar-refractivity contribution in [2.24, 2.45) is 0 Å². The number of nitrogens with zero attached hydrogens (tertiary/aromatic N) is 1. The van der Waals surface area contributed by atoms with Crippen LogP contribution in [-0.4, -0.2) is 38.6 Å². The van der Waals surface area contributed by atoms with Crippen LogP contribution in [0.5, 0.6) is 5.75 Å². The highest BCUT2D eigenvalue weighted by molar-refractivity contribution is 7.90. The van der Waals surface area contributed by atoms with E-state index in [1.165, 1.54) is 12.1 Å². The predicted molar refractivity (Wildman–Crippen MR) is 145 cm³/mol. The van der Waals surface area contributed by atoms with Gasteiger partial charge in [-0.25, -0.2) is 26.4 Å². The third-order valence-electron chi connectivity index (χ3n) is 6.77. The van der Waals surface area contributed by atoms with Gasteiger partial charge in [0, 0.05) is 19.3 Å². The van der Waals surface area contributed by atoms with E-state index >= 15 is 0 Å². The van der Waals surface area contributed by atoms with E-state index in [0.29, 0.717) is 13.1 Å². The molecule has 5 nitrogen and oxygen atoms in total. The monoisotopic (exact) mass is 599 g/mol. The second kappa shape index (κ2) is 11.5. The van der Waals surface area contributed by atoms with E-state index in [0.717, 1.165) is 29.0 Å². The molecule has 5 rings (SSSR count). The molecule has 0 atom stereocenters. The van der Waals surface area contributed by atoms with E-state index in [2.05, 4.69) is 9.64 Å². The van der Waals surface area contributed by atoms with Crippen LogP contribution in [-0.2, 0) is 9.84 Å². The standard InChI is InChI=1S/C31H22F5NO4S/c1-42(39,40)30-21(13-8-14-22(30)31(38)41-29-26(35)24(33)23(32)25(34)27(29)36)15-18-16-37(17-18)28(19-9-4-2-5-10-19)20-11-6-3-7-12-20/h2-15,28H,16-17H2,1H3. The normalized spacial score (nSPS) is 13.6. The summed E-state index contributed by atoms with van der Waals surface area (Å²) in [5.74, 6) is -15.2. The average Bonchev–Trinajstić information content (AvgIpc) is 2.96. The summed E-state index contributed by atoms with van der Waals surface area (Å²) in [4.78, 5) is 14.6. The number of rotatable bonds is 7. The molecule has 42 heavy (non-hydrogen) atoms. The molecule has 0 radical (unpaired) electrons. The van der Waals surface area contributed by atoms with Gasteiger partial charge in [-0.2, -0.15) is 8.78 Å². The minimum atomic E-state index is -4.14. The zero-order chi connectivity index (χ0) is 30.2. The molecule has 4 aromatic carbocycles. The van der Waals surface area contributed by atoms with Crippen molar-refractivity contribution >= 4 is 21.9 Å². The van der Waals surface area contributed by atoms with Crippen molar-refractivity contribution in [1.29, 1.82) is 0 Å². The summed E-state index contributed by atoms with van der Waals surface area (Å²) in [7, 11) is -4.14. The number of ether oxygens (including phenoxy) is 1. The second-order valence-corrected chi connectivity index (χ2v) is 11.7. The number of esters is 1. The lowest BCUT2D eigenvalue weighted by Crippen LogP contribution is -2.43. The first-order chi connectivity index (χ1) is 20.0. The third kappa shape index (κ3) is 5.57. The van der Waals surface area contributed by atoms with E-state index < -0.39 is 61.1 Å². The lowest BCUT2D eigenvalue weighted by molar-refractivity contribution is 0.0712. The predicted octanol–water partition coefficient (Wildman–Crippen LogP) is 6.49. The van der Waals surface area contributed by atoms with E-state index in [1.807, 2.05) is 60.7 Å². The number of sulfone groups is 1. The number of benzene rings is 4. The van der Waals surface area contributed by atoms with Crippen LogP contribution in [0.4, 0.5) is 22.0 Å². The minimum Gasteiger partial charge on any atom is -0.416 e. The maximum absolute atomic E-state index is 14.1. The molecule has 1 heterocycles. The highest BCUT2D eigenvalue weighted by Crippen LogP contribution is 2.36. The van der Waals surface area contributed by atoms with Crippen LogP contribution in [0.25, 0.3) is 6.08 Å². The number of hydrogen-bond donors (Lipinski definition) is 0. The lowest BCUT2D eigenvalue weighted by atomic mass is 9.92. The molecule has 0 aromatic heterocycles. The van der Waals surface area contributed by atoms with Crippen LogP contribution in [0.3, 0.4) is 0 Å². The van der Waals surface area contributed by atoms with Crippen molar-refractivity contribution in [2.75, 3.05) is 19.3 Å². The molecule has 0 unspecified atom stereocenters. The fourth-order valence-corrected chi connectivity index (χ4v) is 6.03. The van der Waals surface area contributed by atoms with Gasteiger partial charge in [-0.1, -0.05) is 78.9 Å². The van der Waals surface area contributed by atoms with Crippen LogP contribution in [0.2, 0.25) is 0 Å². The van der Waals surface area contributed by atoms with Gasteiger partial charge in [0.2, 0.25) is 34.8 Å². The molecule has 0 aliphatic carbocycles. The molecule has 1 fully saturated rings. The molecule has 0 N–H and O–H groups in total. The van der Waals surface area contributed by atoms with E-state index in [-0.39, 0.29) is 11.6 Å². The highest BCUT2D eigenvalue weighted by atomic mass is 32.2. The van der Waals surface area contributed by atoms with Gasteiger partial charge in [-0.05, 0) is 28.3 Å². The smallest absolute Gasteiger partial charge is 0.345 e. The maximum atomic E-state index is 14.1. The average molecular weight is 600 g/mol. The first-order valence-corrected chi connectivity index (χ1v) is 14.5. The Morgan fingerprint density at radius 2 is 1.26 bits per heavy atom. The Hall–Kier alpha value is -4.35. The van der Waals surface area contributed by atoms with Crippen LogP contribution < -0.4 is 4.74 Å². The summed E-state index contributed by atoms with van der Waals surface area (Å²) in [5.41, 5.74) is 2.45. The largest absolute Gasteiger partial charge is 0.416 e. The zero-order valence-corrected chi connectivity index (χ0v) is 22.8. The first kappa shape index (κ1) is 29.2. The summed E-state index contributed by atoms with van der Waals surface area (Å²) in [6, 6.07) is 23.4. The Labute approximate surface area is 238 Å². The molecule has 0 saturated carbocycles. The summed E-state index contributed by atoms with van der Waals surface area (Å²) < 4.78 is 99.0. The van der Waals surface area contributed by atoms with Crippen LogP contribution >= 0.6 is 0 Å². The summed E-state index contributed by atoms with van der Waals surface area (Å²) >= 11 is 0. The summed E-state index contributed by atoms with van der Waals surface area (Å²) in [6.07, 6.45) is 2.42. The molecule has 0 spiro atoms. The molecule has 11 heteroatoms. The molecule has 0 amide bonds. The Balaban J connectivity index is 1.46. The third-order valence-corrected chi connectivity index (χ3v) is 7.97. The lowest BCUT2D eigenvalue weighted by Gasteiger charge is -2.41. The van der Waals surface area contributed by atoms with Gasteiger partial charge in [0.1, 0.15) is 0 Å². The van der Waals surface area contributed by atoms with E-state index in [4.69, 9.17) is 0 Å². The fraction of sp³-hybridized carbons (Fsp3) is 0.129. The number of likely N-dealkylation sites (tertiary alicyclic amines) is 1. The SMILES string of the molecule is CS(=O)(=O)c1c(C=C2CN(C(c3ccccc3)c3ccccc3)C2)cccc1C(=O)Oc1c(F)c(F)c(F)c(F)c1F. The molecule has 4 aromatic rings. The van der Waals surface area contributed by atoms with Crippen molar-refractivity contribution < 1.29 is 39.9 Å². The molecule has 216 valence electrons. The van der Waals surface area contributed by atoms with E-state index in [9.17, 15) is 35.2 Å². The van der Waals surface area contributed by atoms with Gasteiger partial charge in [0.15, 0.2) is 9.84 Å². The fourth-order valence-electron chi connectivity index (χ4n) is 4.92. The van der Waals surface area contributed by atoms with Gasteiger partial charge < -0.3 is 4.74 Å². The second-order valence-electron chi connectivity index (χ2n) is 9.72. The molecule has 1 saturated heterocycles. The van der Waals surface area contributed by atoms with Crippen LogP contribution in [0, 0.1) is 29.1 Å². The van der Waals surface area contributed by atoms with Crippen molar-refractivity contribution in [2.45, 2.75) is 10.9 Å². The first-order valence-electron chi connectivity index (χ1n) is 12.6. The van der Waals surface area contributed by atoms with Gasteiger partial charge >= 0.3 is 5.97 Å². The Morgan fingerprint density at radius 1 is 0.762 bits per heavy atom. The number of carbonyl (C=O) groups excluding carboxylic acids is 1. The molecular formula is C31H22F5NO4S. The van der Waals surface area contributed by atoms with Gasteiger partial charge in [-0.3, -0.25) is 4.90 Å². The van der Waals surface area contributed by atoms with Gasteiger partial charge in [0.05, 0.1) is 16.5 Å². The van der Waals surface area contributed by atoms with Crippen molar-refractivity contribution in [3.8, 4) is 5.75 Å². The molecule has 1 aliphatic heterocycles. The Morgan fingerprint density at radius 3 is 1.76 bits per heavy atom. The Bertz CT molecular complexity index is 1740. The van der Waals surface area contributed by atoms with Crippen molar-refractivity contribution in [3.05, 3.63) is 136 Å². The minimum absolute atomic E-state index is 0.0680. The zero-order valence-electron chi connectivity index (χ0n) is 22.0. The van der Waals surface area contributed by atoms with Crippen molar-refractivity contribution in [3.63, 3.8) is 0 Å². The highest BCUT2D eigenvalue weighted by Gasteiger charge is 2.33. The quantitative estimate of drug-likeness (QED) is 0.0799. The molecular weight excluding hydrogens is 577 g/mol. The van der Waals surface area contributed by atoms with Crippen LogP contribution in [0.1, 0.15) is 33.1 Å². The molecule has 1 aliphatic rings. The Kier molecular flexibility index (Phi) is 7.98. The van der Waals surface area contributed by atoms with Crippen molar-refractivity contribution in [1.82, 2.24) is 4.90 Å². The summed E-state index contributed by atoms with van der Waals surface area (Å²) in [6.45, 7) is 0.938. The van der Waals surface area contributed by atoms with Gasteiger partial charge in [0.25, 0.3) is 0 Å². The molecule has 0 bridgehead atoms. The number of hydrogen-bond acceptors (Lipinski definition) is 5. The number of carbonyl (C=O) groups is 1. The maximum Gasteiger partial charge on any atom is 0.345 e. The van der Waals surface area contributed by atoms with Gasteiger partial charge in [-0.15, -0.1) is 0 Å². The topological polar surface area (TPSA) is 63.7 Å². The number of halogens is 5. The van der Waals surface area contributed by atoms with E-state index in [1.54, 1.807) is 6.08 Å². The summed E-state index contributed by atoms with van der Waals surface area (Å²) in [5, 5.41) is 0. The van der Waals surface area contributed by atoms with Crippen LogP contribution in [0.15, 0.2) is 89.3 Å².